The van der Waals surface area contributed by atoms with Crippen molar-refractivity contribution in [2.24, 2.45) is 0 Å². The van der Waals surface area contributed by atoms with Gasteiger partial charge in [0.05, 0.1) is 4.92 Å². The number of hydrogen-bond donors (Lipinski definition) is 1. The fourth-order valence-corrected chi connectivity index (χ4v) is 2.87. The molecule has 28 heavy (non-hydrogen) atoms. The zero-order valence-electron chi connectivity index (χ0n) is 15.4. The summed E-state index contributed by atoms with van der Waals surface area (Å²) < 4.78 is 0. The van der Waals surface area contributed by atoms with Crippen LogP contribution in [0.5, 0.6) is 0 Å². The molecule has 0 saturated heterocycles. The first-order valence-corrected chi connectivity index (χ1v) is 8.88. The Kier molecular flexibility index (Phi) is 5.96. The number of nitrogens with one attached hydrogen (secondary N) is 1. The molecule has 0 bridgehead atoms. The lowest BCUT2D eigenvalue weighted by Crippen LogP contribution is -2.30. The Hall–Kier alpha value is -3.74. The molecule has 7 nitrogen and oxygen atoms in total. The van der Waals surface area contributed by atoms with Crippen LogP contribution in [0.15, 0.2) is 73.1 Å². The molecule has 0 spiro atoms. The summed E-state index contributed by atoms with van der Waals surface area (Å²) in [6.45, 7) is 2.72. The first kappa shape index (κ1) is 19.0. The topological polar surface area (TPSA) is 88.4 Å². The summed E-state index contributed by atoms with van der Waals surface area (Å²) in [7, 11) is 0. The summed E-state index contributed by atoms with van der Waals surface area (Å²) in [5.74, 6) is -0.282. The monoisotopic (exact) mass is 376 g/mol. The highest BCUT2D eigenvalue weighted by atomic mass is 16.6. The zero-order chi connectivity index (χ0) is 19.9. The Morgan fingerprint density at radius 1 is 1.14 bits per heavy atom. The summed E-state index contributed by atoms with van der Waals surface area (Å²) >= 11 is 0. The lowest BCUT2D eigenvalue weighted by molar-refractivity contribution is -0.384. The third-order valence-corrected chi connectivity index (χ3v) is 4.28. The molecule has 0 unspecified atom stereocenters. The molecule has 3 aromatic rings. The van der Waals surface area contributed by atoms with Gasteiger partial charge in [0.2, 0.25) is 0 Å². The fraction of sp³-hybridized carbons (Fsp3) is 0.143. The Labute approximate surface area is 162 Å². The maximum absolute atomic E-state index is 12.9. The molecule has 0 aliphatic heterocycles. The number of hydrogen-bond acceptors (Lipinski definition) is 5. The van der Waals surface area contributed by atoms with E-state index in [-0.39, 0.29) is 17.2 Å². The summed E-state index contributed by atoms with van der Waals surface area (Å²) in [4.78, 5) is 29.6. The Morgan fingerprint density at radius 2 is 1.93 bits per heavy atom. The van der Waals surface area contributed by atoms with Crippen molar-refractivity contribution >= 4 is 23.0 Å². The second kappa shape index (κ2) is 8.77. The first-order valence-electron chi connectivity index (χ1n) is 8.88. The van der Waals surface area contributed by atoms with Crippen LogP contribution in [0.4, 0.5) is 17.1 Å². The lowest BCUT2D eigenvalue weighted by atomic mass is 10.1. The Morgan fingerprint density at radius 3 is 2.57 bits per heavy atom. The van der Waals surface area contributed by atoms with Crippen LogP contribution in [0.3, 0.4) is 0 Å². The molecule has 0 radical (unpaired) electrons. The van der Waals surface area contributed by atoms with Crippen LogP contribution in [-0.4, -0.2) is 22.4 Å². The Bertz CT molecular complexity index is 962. The largest absolute Gasteiger partial charge is 0.375 e. The Balaban J connectivity index is 1.85. The highest BCUT2D eigenvalue weighted by Gasteiger charge is 2.21. The van der Waals surface area contributed by atoms with E-state index in [4.69, 9.17) is 0 Å². The third kappa shape index (κ3) is 4.32. The number of para-hydroxylation sites is 1. The molecule has 0 aliphatic carbocycles. The van der Waals surface area contributed by atoms with Gasteiger partial charge in [-0.2, -0.15) is 0 Å². The third-order valence-electron chi connectivity index (χ3n) is 4.28. The number of pyridine rings is 1. The van der Waals surface area contributed by atoms with E-state index in [0.717, 1.165) is 11.3 Å². The van der Waals surface area contributed by atoms with Gasteiger partial charge in [0.1, 0.15) is 5.69 Å². The molecule has 0 atom stereocenters. The van der Waals surface area contributed by atoms with Crippen molar-refractivity contribution in [3.05, 3.63) is 94.3 Å². The van der Waals surface area contributed by atoms with Gasteiger partial charge in [0.25, 0.3) is 11.6 Å². The minimum Gasteiger partial charge on any atom is -0.375 e. The van der Waals surface area contributed by atoms with Gasteiger partial charge < -0.3 is 10.2 Å². The molecule has 1 aromatic heterocycles. The number of nitro groups is 1. The van der Waals surface area contributed by atoms with E-state index >= 15 is 0 Å². The van der Waals surface area contributed by atoms with Gasteiger partial charge in [0, 0.05) is 42.8 Å². The summed E-state index contributed by atoms with van der Waals surface area (Å²) in [5.41, 5.74) is 2.13. The van der Waals surface area contributed by atoms with Gasteiger partial charge in [0.15, 0.2) is 0 Å². The van der Waals surface area contributed by atoms with Gasteiger partial charge >= 0.3 is 0 Å². The molecule has 142 valence electrons. The van der Waals surface area contributed by atoms with Crippen molar-refractivity contribution in [2.45, 2.75) is 13.5 Å². The van der Waals surface area contributed by atoms with Crippen molar-refractivity contribution in [3.63, 3.8) is 0 Å². The number of aromatic nitrogens is 1. The molecule has 1 amide bonds. The van der Waals surface area contributed by atoms with Gasteiger partial charge in [-0.25, -0.2) is 0 Å². The number of nitro benzene ring substituents is 1. The number of nitrogens with zero attached hydrogens (tertiary/aromatic N) is 3. The molecular weight excluding hydrogens is 356 g/mol. The van der Waals surface area contributed by atoms with Gasteiger partial charge in [-0.05, 0) is 42.8 Å². The van der Waals surface area contributed by atoms with Gasteiger partial charge in [-0.3, -0.25) is 19.9 Å². The van der Waals surface area contributed by atoms with Crippen molar-refractivity contribution in [2.75, 3.05) is 16.8 Å². The van der Waals surface area contributed by atoms with E-state index < -0.39 is 4.92 Å². The van der Waals surface area contributed by atoms with Crippen LogP contribution in [0, 0.1) is 10.1 Å². The summed E-state index contributed by atoms with van der Waals surface area (Å²) in [6, 6.07) is 17.4. The number of benzene rings is 2. The molecule has 3 rings (SSSR count). The molecule has 2 aromatic carbocycles. The van der Waals surface area contributed by atoms with Crippen molar-refractivity contribution in [1.29, 1.82) is 0 Å². The average Bonchev–Trinajstić information content (AvgIpc) is 2.74. The van der Waals surface area contributed by atoms with Crippen molar-refractivity contribution in [3.8, 4) is 0 Å². The van der Waals surface area contributed by atoms with Crippen molar-refractivity contribution in [1.82, 2.24) is 4.98 Å². The fourth-order valence-electron chi connectivity index (χ4n) is 2.87. The van der Waals surface area contributed by atoms with Crippen LogP contribution in [-0.2, 0) is 6.54 Å². The van der Waals surface area contributed by atoms with E-state index in [2.05, 4.69) is 10.3 Å². The van der Waals surface area contributed by atoms with Crippen LogP contribution in [0.2, 0.25) is 0 Å². The summed E-state index contributed by atoms with van der Waals surface area (Å²) in [5, 5.41) is 14.6. The second-order valence-electron chi connectivity index (χ2n) is 6.09. The molecule has 7 heteroatoms. The van der Waals surface area contributed by atoms with E-state index in [1.165, 1.54) is 6.07 Å². The quantitative estimate of drug-likeness (QED) is 0.491. The smallest absolute Gasteiger partial charge is 0.293 e. The average molecular weight is 376 g/mol. The molecule has 1 heterocycles. The molecular formula is C21H20N4O3. The number of amides is 1. The van der Waals surface area contributed by atoms with E-state index in [0.29, 0.717) is 18.8 Å². The molecule has 0 fully saturated rings. The minimum atomic E-state index is -0.485. The maximum atomic E-state index is 12.9. The lowest BCUT2D eigenvalue weighted by Gasteiger charge is -2.21. The number of carbonyl (C=O) groups excluding carboxylic acids is 1. The van der Waals surface area contributed by atoms with E-state index in [9.17, 15) is 14.9 Å². The van der Waals surface area contributed by atoms with Crippen LogP contribution < -0.4 is 10.2 Å². The predicted molar refractivity (Wildman–Crippen MR) is 108 cm³/mol. The van der Waals surface area contributed by atoms with Crippen LogP contribution in [0.1, 0.15) is 22.8 Å². The van der Waals surface area contributed by atoms with Gasteiger partial charge in [-0.1, -0.05) is 24.3 Å². The highest BCUT2D eigenvalue weighted by Crippen LogP contribution is 2.27. The van der Waals surface area contributed by atoms with Crippen LogP contribution in [0.25, 0.3) is 0 Å². The maximum Gasteiger partial charge on any atom is 0.293 e. The van der Waals surface area contributed by atoms with E-state index in [1.807, 2.05) is 43.3 Å². The molecule has 0 aliphatic rings. The first-order chi connectivity index (χ1) is 13.6. The van der Waals surface area contributed by atoms with E-state index in [1.54, 1.807) is 35.5 Å². The van der Waals surface area contributed by atoms with Crippen molar-refractivity contribution < 1.29 is 9.72 Å². The molecule has 0 saturated carbocycles. The second-order valence-corrected chi connectivity index (χ2v) is 6.09. The highest BCUT2D eigenvalue weighted by molar-refractivity contribution is 6.06. The number of rotatable bonds is 7. The molecule has 1 N–H and O–H groups in total. The SMILES string of the molecule is CCN(C(=O)c1ccc(NCc2cccnc2)c([N+](=O)[O-])c1)c1ccccc1. The summed E-state index contributed by atoms with van der Waals surface area (Å²) in [6.07, 6.45) is 3.36. The number of anilines is 2. The zero-order valence-corrected chi connectivity index (χ0v) is 15.4. The normalized spacial score (nSPS) is 10.3. The number of carbonyl (C=O) groups is 1. The predicted octanol–water partition coefficient (Wildman–Crippen LogP) is 4.27. The standard InChI is InChI=1S/C21H20N4O3/c1-2-24(18-8-4-3-5-9-18)21(26)17-10-11-19(20(13-17)25(27)28)23-15-16-7-6-12-22-14-16/h3-14,23H,2,15H2,1H3. The van der Waals surface area contributed by atoms with Gasteiger partial charge in [-0.15, -0.1) is 0 Å². The minimum absolute atomic E-state index is 0.140. The van der Waals surface area contributed by atoms with Crippen LogP contribution >= 0.6 is 0 Å².